The van der Waals surface area contributed by atoms with E-state index in [0.717, 1.165) is 154 Å². The Morgan fingerprint density at radius 1 is 0.330 bits per heavy atom. The standard InChI is InChI=1S/C82H133NO8/c1-6-8-10-12-14-16-18-20-22-24-26-28-30-32-33-34-35-36-37-38-39-40-41-42-43-44-45-46-47-49-51-53-55-57-59-61-63-65-67-69-71-73-80(85)91-78(77-90-82(81(86)87)88-75-74-83(3,4)5)76-89-79(84)72-70-68-66-64-62-60-58-56-54-52-50-48-31-29-27-25-23-21-19-17-15-13-11-9-7-2/h8-11,14-17,20-23,26-29,32-33,35-36,38-39,41-42,48,50,54,56,78,82H,6-7,12-13,18-19,24-25,30-31,34,37,40,43-47,49,51-53,55,57-77H2,1-5H3/p+1/b10-8-,11-9-,16-14-,17-15-,22-20-,23-21-,28-26-,29-27-,33-32-,36-35-,39-38-,42-41-,50-48-,56-54-. The molecule has 0 rings (SSSR count). The van der Waals surface area contributed by atoms with Crippen molar-refractivity contribution in [3.05, 3.63) is 170 Å². The first-order valence-corrected chi connectivity index (χ1v) is 36.3. The van der Waals surface area contributed by atoms with E-state index in [4.69, 9.17) is 18.9 Å². The highest BCUT2D eigenvalue weighted by atomic mass is 16.7. The van der Waals surface area contributed by atoms with Gasteiger partial charge < -0.3 is 28.5 Å². The Balaban J connectivity index is 4.12. The molecule has 0 heterocycles. The minimum absolute atomic E-state index is 0.178. The molecule has 514 valence electrons. The third-order valence-corrected chi connectivity index (χ3v) is 15.0. The molecule has 0 bridgehead atoms. The van der Waals surface area contributed by atoms with Crippen molar-refractivity contribution in [3.63, 3.8) is 0 Å². The summed E-state index contributed by atoms with van der Waals surface area (Å²) in [6, 6.07) is 0. The number of carboxylic acid groups (broad SMARTS) is 1. The largest absolute Gasteiger partial charge is 0.477 e. The van der Waals surface area contributed by atoms with Gasteiger partial charge in [0.1, 0.15) is 13.2 Å². The molecule has 0 aliphatic heterocycles. The summed E-state index contributed by atoms with van der Waals surface area (Å²) in [7, 11) is 5.96. The summed E-state index contributed by atoms with van der Waals surface area (Å²) in [4.78, 5) is 37.6. The van der Waals surface area contributed by atoms with Gasteiger partial charge in [-0.1, -0.05) is 300 Å². The number of carbonyl (C=O) groups excluding carboxylic acids is 2. The van der Waals surface area contributed by atoms with Gasteiger partial charge in [-0.3, -0.25) is 9.59 Å². The number of rotatable bonds is 65. The normalized spacial score (nSPS) is 13.7. The summed E-state index contributed by atoms with van der Waals surface area (Å²) in [5.74, 6) is -2.03. The Bertz CT molecular complexity index is 2100. The molecule has 0 amide bonds. The molecule has 2 unspecified atom stereocenters. The van der Waals surface area contributed by atoms with Gasteiger partial charge in [0, 0.05) is 12.8 Å². The monoisotopic (exact) mass is 1260 g/mol. The Labute approximate surface area is 558 Å². The first kappa shape index (κ1) is 85.7. The minimum atomic E-state index is -1.52. The number of carboxylic acids is 1. The lowest BCUT2D eigenvalue weighted by atomic mass is 10.0. The van der Waals surface area contributed by atoms with Crippen LogP contribution in [0.5, 0.6) is 0 Å². The van der Waals surface area contributed by atoms with Crippen LogP contribution in [-0.2, 0) is 33.3 Å². The summed E-state index contributed by atoms with van der Waals surface area (Å²) < 4.78 is 23.0. The van der Waals surface area contributed by atoms with Crippen LogP contribution in [0.2, 0.25) is 0 Å². The minimum Gasteiger partial charge on any atom is -0.477 e. The van der Waals surface area contributed by atoms with Gasteiger partial charge in [0.15, 0.2) is 6.10 Å². The SMILES string of the molecule is CC/C=C\C/C=C\C/C=C\C/C=C\C/C=C\C/C=C\C/C=C\C/C=C\CCCCCCCCCCCCCCCCCCC(=O)OC(COC(=O)CCCCCCCC/C=C\C/C=C\C/C=C\C/C=C\C/C=C\C/C=C\CC)COC(OCC[N+](C)(C)C)C(=O)O. The molecule has 0 aromatic heterocycles. The van der Waals surface area contributed by atoms with E-state index in [1.54, 1.807) is 0 Å². The van der Waals surface area contributed by atoms with Crippen LogP contribution in [0.25, 0.3) is 0 Å². The average Bonchev–Trinajstić information content (AvgIpc) is 3.53. The molecule has 9 nitrogen and oxygen atoms in total. The third kappa shape index (κ3) is 71.9. The topological polar surface area (TPSA) is 108 Å². The second kappa shape index (κ2) is 70.5. The first-order valence-electron chi connectivity index (χ1n) is 36.3. The van der Waals surface area contributed by atoms with E-state index < -0.39 is 24.3 Å². The number of carbonyl (C=O) groups is 3. The van der Waals surface area contributed by atoms with Crippen molar-refractivity contribution in [3.8, 4) is 0 Å². The molecule has 1 N–H and O–H groups in total. The predicted molar refractivity (Wildman–Crippen MR) is 391 cm³/mol. The summed E-state index contributed by atoms with van der Waals surface area (Å²) in [6.07, 6.45) is 103. The number of ether oxygens (including phenoxy) is 4. The molecule has 0 saturated carbocycles. The maximum absolute atomic E-state index is 13.0. The van der Waals surface area contributed by atoms with Crippen LogP contribution in [0.15, 0.2) is 170 Å². The zero-order valence-corrected chi connectivity index (χ0v) is 58.7. The molecule has 91 heavy (non-hydrogen) atoms. The summed E-state index contributed by atoms with van der Waals surface area (Å²) >= 11 is 0. The lowest BCUT2D eigenvalue weighted by Crippen LogP contribution is -2.40. The number of hydrogen-bond donors (Lipinski definition) is 1. The maximum Gasteiger partial charge on any atom is 0.361 e. The van der Waals surface area contributed by atoms with Crippen LogP contribution in [0.4, 0.5) is 0 Å². The number of unbranched alkanes of at least 4 members (excludes halogenated alkanes) is 22. The van der Waals surface area contributed by atoms with Crippen LogP contribution in [0.3, 0.4) is 0 Å². The van der Waals surface area contributed by atoms with Crippen molar-refractivity contribution in [2.45, 2.75) is 283 Å². The number of aliphatic carboxylic acids is 1. The van der Waals surface area contributed by atoms with Crippen molar-refractivity contribution < 1.29 is 42.9 Å². The zero-order valence-electron chi connectivity index (χ0n) is 58.7. The van der Waals surface area contributed by atoms with Crippen molar-refractivity contribution in [1.82, 2.24) is 0 Å². The van der Waals surface area contributed by atoms with Gasteiger partial charge in [-0.15, -0.1) is 0 Å². The molecule has 0 aliphatic rings. The molecular formula is C82H134NO8+. The summed E-state index contributed by atoms with van der Waals surface area (Å²) in [5, 5.41) is 9.75. The van der Waals surface area contributed by atoms with Crippen molar-refractivity contribution in [1.29, 1.82) is 0 Å². The van der Waals surface area contributed by atoms with E-state index >= 15 is 0 Å². The number of esters is 2. The first-order chi connectivity index (χ1) is 44.6. The van der Waals surface area contributed by atoms with E-state index in [1.807, 2.05) is 21.1 Å². The number of allylic oxidation sites excluding steroid dienone is 28. The fourth-order valence-electron chi connectivity index (χ4n) is 9.50. The zero-order chi connectivity index (χ0) is 66.1. The van der Waals surface area contributed by atoms with E-state index in [-0.39, 0.29) is 38.6 Å². The smallest absolute Gasteiger partial charge is 0.361 e. The molecule has 0 aliphatic carbocycles. The highest BCUT2D eigenvalue weighted by Gasteiger charge is 2.25. The molecule has 0 radical (unpaired) electrons. The van der Waals surface area contributed by atoms with E-state index in [1.165, 1.54) is 83.5 Å². The number of quaternary nitrogens is 1. The molecule has 0 fully saturated rings. The van der Waals surface area contributed by atoms with Crippen LogP contribution in [0, 0.1) is 0 Å². The Kier molecular flexibility index (Phi) is 66.4. The van der Waals surface area contributed by atoms with E-state index in [2.05, 4.69) is 184 Å². The Morgan fingerprint density at radius 3 is 0.879 bits per heavy atom. The third-order valence-electron chi connectivity index (χ3n) is 15.0. The number of likely N-dealkylation sites (N-methyl/N-ethyl adjacent to an activating group) is 1. The van der Waals surface area contributed by atoms with Gasteiger partial charge in [0.2, 0.25) is 0 Å². The summed E-state index contributed by atoms with van der Waals surface area (Å²) in [5.41, 5.74) is 0. The van der Waals surface area contributed by atoms with Gasteiger partial charge in [0.25, 0.3) is 6.29 Å². The van der Waals surface area contributed by atoms with Crippen LogP contribution < -0.4 is 0 Å². The van der Waals surface area contributed by atoms with Gasteiger partial charge in [-0.2, -0.15) is 0 Å². The molecule has 0 aromatic rings. The van der Waals surface area contributed by atoms with Gasteiger partial charge in [-0.25, -0.2) is 4.79 Å². The van der Waals surface area contributed by atoms with E-state index in [0.29, 0.717) is 17.4 Å². The van der Waals surface area contributed by atoms with Gasteiger partial charge in [0.05, 0.1) is 34.4 Å². The van der Waals surface area contributed by atoms with Crippen molar-refractivity contribution in [2.75, 3.05) is 47.5 Å². The van der Waals surface area contributed by atoms with Crippen LogP contribution in [-0.4, -0.2) is 87.4 Å². The molecule has 9 heteroatoms. The molecule has 0 aromatic carbocycles. The van der Waals surface area contributed by atoms with Crippen molar-refractivity contribution in [2.24, 2.45) is 0 Å². The number of hydrogen-bond acceptors (Lipinski definition) is 7. The second-order valence-electron chi connectivity index (χ2n) is 24.8. The Morgan fingerprint density at radius 2 is 0.593 bits per heavy atom. The average molecular weight is 1260 g/mol. The predicted octanol–water partition coefficient (Wildman–Crippen LogP) is 23.0. The fourth-order valence-corrected chi connectivity index (χ4v) is 9.50. The molecule has 0 spiro atoms. The highest BCUT2D eigenvalue weighted by Crippen LogP contribution is 2.16. The summed E-state index contributed by atoms with van der Waals surface area (Å²) in [6.45, 7) is 4.63. The fraction of sp³-hybridized carbons (Fsp3) is 0.622. The van der Waals surface area contributed by atoms with Crippen LogP contribution >= 0.6 is 0 Å². The lowest BCUT2D eigenvalue weighted by Gasteiger charge is -2.25. The maximum atomic E-state index is 13.0. The van der Waals surface area contributed by atoms with E-state index in [9.17, 15) is 19.5 Å². The van der Waals surface area contributed by atoms with Gasteiger partial charge in [-0.05, 0) is 128 Å². The molecular weight excluding hydrogens is 1130 g/mol. The Hall–Kier alpha value is -5.35. The molecule has 0 saturated heterocycles. The highest BCUT2D eigenvalue weighted by molar-refractivity contribution is 5.71. The quantitative estimate of drug-likeness (QED) is 0.0211. The lowest BCUT2D eigenvalue weighted by molar-refractivity contribution is -0.870. The van der Waals surface area contributed by atoms with Crippen LogP contribution in [0.1, 0.15) is 271 Å². The van der Waals surface area contributed by atoms with Crippen molar-refractivity contribution >= 4 is 17.9 Å². The van der Waals surface area contributed by atoms with Gasteiger partial charge >= 0.3 is 17.9 Å². The molecule has 2 atom stereocenters. The number of nitrogens with zero attached hydrogens (tertiary/aromatic N) is 1. The second-order valence-corrected chi connectivity index (χ2v) is 24.8.